The van der Waals surface area contributed by atoms with E-state index >= 15 is 0 Å². The van der Waals surface area contributed by atoms with Gasteiger partial charge in [-0.15, -0.1) is 0 Å². The van der Waals surface area contributed by atoms with Gasteiger partial charge in [0.2, 0.25) is 0 Å². The Balaban J connectivity index is 1.66. The molecule has 1 unspecified atom stereocenters. The largest absolute Gasteiger partial charge is 0.246 e. The molecule has 2 aromatic heterocycles. The van der Waals surface area contributed by atoms with Crippen LogP contribution >= 0.6 is 23.2 Å². The van der Waals surface area contributed by atoms with Crippen LogP contribution in [0.2, 0.25) is 10.0 Å². The van der Waals surface area contributed by atoms with Crippen molar-refractivity contribution >= 4 is 34.7 Å². The van der Waals surface area contributed by atoms with Crippen LogP contribution in [0.15, 0.2) is 35.6 Å². The minimum atomic E-state index is -0.118. The van der Waals surface area contributed by atoms with Crippen LogP contribution in [0, 0.1) is 6.92 Å². The quantitative estimate of drug-likeness (QED) is 0.493. The molecule has 0 spiro atoms. The summed E-state index contributed by atoms with van der Waals surface area (Å²) in [5, 5.41) is 10.5. The van der Waals surface area contributed by atoms with Crippen LogP contribution in [0.1, 0.15) is 74.1 Å². The van der Waals surface area contributed by atoms with Crippen molar-refractivity contribution in [3.63, 3.8) is 0 Å². The highest BCUT2D eigenvalue weighted by Gasteiger charge is 2.38. The number of aliphatic imine (C=N–C) groups is 1. The molecule has 1 aromatic carbocycles. The fraction of sp³-hybridized carbons (Fsp3) is 0.455. The smallest absolute Gasteiger partial charge is 0.151 e. The Labute approximate surface area is 185 Å². The van der Waals surface area contributed by atoms with Crippen molar-refractivity contribution in [3.05, 3.63) is 57.7 Å². The molecule has 0 bridgehead atoms. The molecule has 5 rings (SSSR count). The van der Waals surface area contributed by atoms with Gasteiger partial charge in [0.15, 0.2) is 5.82 Å². The fourth-order valence-electron chi connectivity index (χ4n) is 4.86. The summed E-state index contributed by atoms with van der Waals surface area (Å²) >= 11 is 12.6. The summed E-state index contributed by atoms with van der Waals surface area (Å²) in [7, 11) is 0. The van der Waals surface area contributed by atoms with Gasteiger partial charge in [0.25, 0.3) is 0 Å². The summed E-state index contributed by atoms with van der Waals surface area (Å²) in [6.45, 7) is 4.06. The van der Waals surface area contributed by atoms with Gasteiger partial charge in [-0.25, -0.2) is 19.3 Å². The molecule has 156 valence electrons. The molecule has 0 N–H and O–H groups in total. The van der Waals surface area contributed by atoms with Crippen LogP contribution in [-0.4, -0.2) is 30.3 Å². The Morgan fingerprint density at radius 1 is 0.967 bits per heavy atom. The van der Waals surface area contributed by atoms with E-state index in [9.17, 15) is 0 Å². The number of rotatable bonds is 3. The molecule has 30 heavy (non-hydrogen) atoms. The minimum Gasteiger partial charge on any atom is -0.246 e. The average Bonchev–Trinajstić information content (AvgIpc) is 3.35. The molecule has 2 atom stereocenters. The van der Waals surface area contributed by atoms with Gasteiger partial charge in [0, 0.05) is 11.8 Å². The molecule has 8 heteroatoms. The highest BCUT2D eigenvalue weighted by molar-refractivity contribution is 6.42. The standard InChI is InChI=1S/C22H24Cl2N6/c1-13-10-19-27-14(2)20(22-25-12-26-29(22)16-6-4-3-5-7-16)21(30(19)28-13)15-8-9-17(23)18(24)11-15/h8-12,16,20-21H,3-7H2,1-2H3/t20?,21-/m1/s1. The average molecular weight is 443 g/mol. The van der Waals surface area contributed by atoms with Gasteiger partial charge in [-0.1, -0.05) is 48.5 Å². The normalized spacial score (nSPS) is 22.1. The van der Waals surface area contributed by atoms with E-state index in [4.69, 9.17) is 38.3 Å². The summed E-state index contributed by atoms with van der Waals surface area (Å²) < 4.78 is 4.13. The lowest BCUT2D eigenvalue weighted by atomic mass is 9.87. The van der Waals surface area contributed by atoms with E-state index in [1.807, 2.05) is 35.9 Å². The first-order valence-electron chi connectivity index (χ1n) is 10.5. The predicted octanol–water partition coefficient (Wildman–Crippen LogP) is 6.07. The van der Waals surface area contributed by atoms with Crippen LogP contribution in [0.4, 0.5) is 5.82 Å². The summed E-state index contributed by atoms with van der Waals surface area (Å²) in [5.74, 6) is 1.71. The molecule has 1 aliphatic heterocycles. The second-order valence-corrected chi connectivity index (χ2v) is 9.11. The highest BCUT2D eigenvalue weighted by atomic mass is 35.5. The predicted molar refractivity (Wildman–Crippen MR) is 119 cm³/mol. The number of aryl methyl sites for hydroxylation is 1. The molecule has 6 nitrogen and oxygen atoms in total. The molecule has 3 heterocycles. The van der Waals surface area contributed by atoms with Crippen molar-refractivity contribution in [1.29, 1.82) is 0 Å². The number of hydrogen-bond donors (Lipinski definition) is 0. The van der Waals surface area contributed by atoms with Crippen molar-refractivity contribution in [1.82, 2.24) is 24.5 Å². The van der Waals surface area contributed by atoms with E-state index in [0.29, 0.717) is 16.1 Å². The van der Waals surface area contributed by atoms with Gasteiger partial charge in [0.05, 0.1) is 33.7 Å². The van der Waals surface area contributed by atoms with E-state index < -0.39 is 0 Å². The maximum absolute atomic E-state index is 6.40. The Kier molecular flexibility index (Phi) is 5.15. The van der Waals surface area contributed by atoms with E-state index in [1.165, 1.54) is 19.3 Å². The number of aromatic nitrogens is 5. The monoisotopic (exact) mass is 442 g/mol. The molecule has 1 saturated carbocycles. The highest BCUT2D eigenvalue weighted by Crippen LogP contribution is 2.43. The SMILES string of the molecule is CC1=Nc2cc(C)nn2[C@H](c2ccc(Cl)c(Cl)c2)C1c1ncnn1C1CCCCC1. The third kappa shape index (κ3) is 3.36. The van der Waals surface area contributed by atoms with Crippen LogP contribution in [0.5, 0.6) is 0 Å². The number of halogens is 2. The van der Waals surface area contributed by atoms with E-state index in [2.05, 4.69) is 16.7 Å². The van der Waals surface area contributed by atoms with Crippen LogP contribution in [0.25, 0.3) is 0 Å². The second kappa shape index (κ2) is 7.82. The van der Waals surface area contributed by atoms with E-state index in [-0.39, 0.29) is 12.0 Å². The Bertz CT molecular complexity index is 1110. The summed E-state index contributed by atoms with van der Waals surface area (Å²) in [6.07, 6.45) is 7.73. The van der Waals surface area contributed by atoms with Crippen molar-refractivity contribution in [2.45, 2.75) is 64.0 Å². The third-order valence-corrected chi connectivity index (χ3v) is 6.98. The zero-order chi connectivity index (χ0) is 20.8. The minimum absolute atomic E-state index is 0.0848. The van der Waals surface area contributed by atoms with Gasteiger partial charge in [0.1, 0.15) is 12.2 Å². The van der Waals surface area contributed by atoms with E-state index in [0.717, 1.165) is 41.5 Å². The first kappa shape index (κ1) is 19.8. The molecule has 0 radical (unpaired) electrons. The first-order valence-corrected chi connectivity index (χ1v) is 11.2. The van der Waals surface area contributed by atoms with Crippen LogP contribution in [-0.2, 0) is 0 Å². The van der Waals surface area contributed by atoms with Crippen LogP contribution < -0.4 is 0 Å². The maximum atomic E-state index is 6.40. The number of benzene rings is 1. The Morgan fingerprint density at radius 3 is 2.53 bits per heavy atom. The molecule has 0 amide bonds. The molecule has 1 aliphatic carbocycles. The summed E-state index contributed by atoms with van der Waals surface area (Å²) in [4.78, 5) is 9.61. The lowest BCUT2D eigenvalue weighted by molar-refractivity contribution is 0.313. The number of hydrogen-bond acceptors (Lipinski definition) is 4. The van der Waals surface area contributed by atoms with Gasteiger partial charge in [-0.05, 0) is 44.4 Å². The van der Waals surface area contributed by atoms with Gasteiger partial charge in [-0.3, -0.25) is 0 Å². The number of nitrogens with zero attached hydrogens (tertiary/aromatic N) is 6. The fourth-order valence-corrected chi connectivity index (χ4v) is 5.16. The number of fused-ring (bicyclic) bond motifs is 1. The van der Waals surface area contributed by atoms with Crippen molar-refractivity contribution in [3.8, 4) is 0 Å². The van der Waals surface area contributed by atoms with Gasteiger partial charge >= 0.3 is 0 Å². The Morgan fingerprint density at radius 2 is 1.77 bits per heavy atom. The molecule has 1 fully saturated rings. The third-order valence-electron chi connectivity index (χ3n) is 6.24. The van der Waals surface area contributed by atoms with E-state index in [1.54, 1.807) is 6.33 Å². The molecule has 3 aromatic rings. The first-order chi connectivity index (χ1) is 14.5. The van der Waals surface area contributed by atoms with Gasteiger partial charge in [-0.2, -0.15) is 10.2 Å². The zero-order valence-electron chi connectivity index (χ0n) is 17.1. The van der Waals surface area contributed by atoms with Crippen LogP contribution in [0.3, 0.4) is 0 Å². The lowest BCUT2D eigenvalue weighted by Crippen LogP contribution is -2.32. The topological polar surface area (TPSA) is 60.9 Å². The Hall–Kier alpha value is -2.18. The zero-order valence-corrected chi connectivity index (χ0v) is 18.6. The molecular formula is C22H24Cl2N6. The molecular weight excluding hydrogens is 419 g/mol. The summed E-state index contributed by atoms with van der Waals surface area (Å²) in [5.41, 5.74) is 2.97. The van der Waals surface area contributed by atoms with Crippen molar-refractivity contribution in [2.75, 3.05) is 0 Å². The van der Waals surface area contributed by atoms with Gasteiger partial charge < -0.3 is 0 Å². The van der Waals surface area contributed by atoms with Crippen molar-refractivity contribution in [2.24, 2.45) is 4.99 Å². The second-order valence-electron chi connectivity index (χ2n) is 8.29. The summed E-state index contributed by atoms with van der Waals surface area (Å²) in [6, 6.07) is 8.08. The maximum Gasteiger partial charge on any atom is 0.151 e. The molecule has 2 aliphatic rings. The lowest BCUT2D eigenvalue weighted by Gasteiger charge is -2.33. The molecule has 0 saturated heterocycles. The van der Waals surface area contributed by atoms with Crippen molar-refractivity contribution < 1.29 is 0 Å².